The third kappa shape index (κ3) is 4.89. The van der Waals surface area contributed by atoms with Gasteiger partial charge in [0.2, 0.25) is 0 Å². The van der Waals surface area contributed by atoms with Crippen molar-refractivity contribution in [3.8, 4) is 50.1 Å². The Kier molecular flexibility index (Phi) is 7.64. The molecule has 0 bridgehead atoms. The molecule has 0 amide bonds. The smallest absolute Gasteiger partial charge is 0.196 e. The summed E-state index contributed by atoms with van der Waals surface area (Å²) in [5, 5.41) is 0. The molecular weight excluding hydrogens is 725 g/mol. The van der Waals surface area contributed by atoms with Crippen molar-refractivity contribution < 1.29 is 17.6 Å². The minimum Gasteiger partial charge on any atom is -0.196 e. The van der Waals surface area contributed by atoms with Crippen LogP contribution in [0, 0.1) is 41.5 Å². The molecule has 1 aromatic carbocycles. The van der Waals surface area contributed by atoms with Crippen LogP contribution in [-0.2, 0) is 11.8 Å². The van der Waals surface area contributed by atoms with Crippen LogP contribution in [-0.4, -0.2) is 0 Å². The van der Waals surface area contributed by atoms with Gasteiger partial charge in [-0.2, -0.15) is 17.6 Å². The lowest BCUT2D eigenvalue weighted by Crippen LogP contribution is -2.16. The summed E-state index contributed by atoms with van der Waals surface area (Å²) in [4.78, 5) is 12.3. The van der Waals surface area contributed by atoms with E-state index in [-0.39, 0.29) is 33.4 Å². The van der Waals surface area contributed by atoms with Gasteiger partial charge in [0, 0.05) is 91.9 Å². The summed E-state index contributed by atoms with van der Waals surface area (Å²) in [6.45, 7) is 11.3. The van der Waals surface area contributed by atoms with Crippen LogP contribution in [0.3, 0.4) is 0 Å². The van der Waals surface area contributed by atoms with Crippen molar-refractivity contribution in [1.82, 2.24) is 0 Å². The van der Waals surface area contributed by atoms with E-state index in [2.05, 4.69) is 57.2 Å². The summed E-state index contributed by atoms with van der Waals surface area (Å²) in [5.74, 6) is -6.43. The topological polar surface area (TPSA) is 0 Å². The van der Waals surface area contributed by atoms with Crippen molar-refractivity contribution >= 4 is 68.0 Å². The molecule has 7 aromatic rings. The molecule has 0 fully saturated rings. The highest BCUT2D eigenvalue weighted by Gasteiger charge is 2.54. The third-order valence-corrected chi connectivity index (χ3v) is 15.8. The lowest BCUT2D eigenvalue weighted by atomic mass is 9.88. The van der Waals surface area contributed by atoms with Crippen LogP contribution in [0.4, 0.5) is 17.6 Å². The van der Waals surface area contributed by atoms with E-state index in [4.69, 9.17) is 0 Å². The molecule has 0 radical (unpaired) electrons. The number of alkyl halides is 4. The second kappa shape index (κ2) is 11.3. The van der Waals surface area contributed by atoms with Gasteiger partial charge < -0.3 is 0 Å². The first kappa shape index (κ1) is 32.4. The fourth-order valence-corrected chi connectivity index (χ4v) is 13.1. The van der Waals surface area contributed by atoms with Crippen molar-refractivity contribution in [3.63, 3.8) is 0 Å². The Balaban J connectivity index is 0.000000236. The number of aryl methyl sites for hydroxylation is 4. The van der Waals surface area contributed by atoms with Crippen molar-refractivity contribution in [3.05, 3.63) is 114 Å². The van der Waals surface area contributed by atoms with Crippen LogP contribution in [0.5, 0.6) is 0 Å². The minimum atomic E-state index is -3.24. The average Bonchev–Trinajstić information content (AvgIpc) is 3.85. The SMILES string of the molecule is Cc1ccc(-c2ccc(-c3cc4c(s3)-c3c(C)c5c(c(C)c3C4(F)F)-c3sc(C)cc3C5(F)F)s2)s1.Cc1ccc(-c2ccc(C)s2)s1. The van der Waals surface area contributed by atoms with Crippen molar-refractivity contribution in [2.24, 2.45) is 0 Å². The van der Waals surface area contributed by atoms with E-state index >= 15 is 17.6 Å². The first-order chi connectivity index (χ1) is 22.8. The molecule has 0 N–H and O–H groups in total. The summed E-state index contributed by atoms with van der Waals surface area (Å²) in [7, 11) is 0. The highest BCUT2D eigenvalue weighted by molar-refractivity contribution is 7.27. The zero-order valence-electron chi connectivity index (χ0n) is 26.7. The van der Waals surface area contributed by atoms with E-state index in [1.807, 2.05) is 34.8 Å². The summed E-state index contributed by atoms with van der Waals surface area (Å²) in [6, 6.07) is 19.9. The van der Waals surface area contributed by atoms with Gasteiger partial charge in [0.1, 0.15) is 0 Å². The van der Waals surface area contributed by atoms with Crippen molar-refractivity contribution in [2.45, 2.75) is 53.4 Å². The quantitative estimate of drug-likeness (QED) is 0.158. The number of fused-ring (bicyclic) bond motifs is 6. The Labute approximate surface area is 300 Å². The second-order valence-corrected chi connectivity index (χ2v) is 19.5. The van der Waals surface area contributed by atoms with Crippen LogP contribution in [0.25, 0.3) is 50.1 Å². The number of halogens is 4. The Bertz CT molecular complexity index is 2350. The number of benzene rings is 1. The first-order valence-corrected chi connectivity index (χ1v) is 20.2. The Morgan fingerprint density at radius 3 is 1.21 bits per heavy atom. The predicted molar refractivity (Wildman–Crippen MR) is 202 cm³/mol. The lowest BCUT2D eigenvalue weighted by molar-refractivity contribution is 0.0443. The molecule has 0 saturated heterocycles. The normalized spacial score (nSPS) is 14.8. The van der Waals surface area contributed by atoms with E-state index in [1.165, 1.54) is 53.1 Å². The molecule has 6 heterocycles. The van der Waals surface area contributed by atoms with E-state index in [1.54, 1.807) is 49.5 Å². The molecule has 0 atom stereocenters. The van der Waals surface area contributed by atoms with Gasteiger partial charge in [-0.05, 0) is 113 Å². The molecule has 6 aromatic heterocycles. The summed E-state index contributed by atoms with van der Waals surface area (Å²) in [6.07, 6.45) is 0. The van der Waals surface area contributed by atoms with E-state index in [9.17, 15) is 0 Å². The minimum absolute atomic E-state index is 0.0554. The first-order valence-electron chi connectivity index (χ1n) is 15.3. The predicted octanol–water partition coefficient (Wildman–Crippen LogP) is 14.8. The van der Waals surface area contributed by atoms with Gasteiger partial charge in [0.15, 0.2) is 0 Å². The summed E-state index contributed by atoms with van der Waals surface area (Å²) < 4.78 is 63.4. The van der Waals surface area contributed by atoms with Crippen molar-refractivity contribution in [1.29, 1.82) is 0 Å². The zero-order valence-corrected chi connectivity index (χ0v) is 31.6. The Morgan fingerprint density at radius 2 is 0.771 bits per heavy atom. The molecule has 0 nitrogen and oxygen atoms in total. The maximum atomic E-state index is 16.0. The van der Waals surface area contributed by atoms with Crippen LogP contribution in [0.2, 0.25) is 0 Å². The van der Waals surface area contributed by atoms with Crippen LogP contribution >= 0.6 is 68.0 Å². The molecular formula is C38H28F4S6. The van der Waals surface area contributed by atoms with Crippen molar-refractivity contribution in [2.75, 3.05) is 0 Å². The third-order valence-electron chi connectivity index (χ3n) is 8.90. The highest BCUT2D eigenvalue weighted by Crippen LogP contribution is 2.64. The molecule has 0 aliphatic heterocycles. The number of hydrogen-bond donors (Lipinski definition) is 0. The second-order valence-electron chi connectivity index (χ2n) is 12.2. The average molecular weight is 753 g/mol. The number of rotatable bonds is 3. The Morgan fingerprint density at radius 1 is 0.396 bits per heavy atom. The molecule has 2 aliphatic rings. The maximum Gasteiger partial charge on any atom is 0.300 e. The van der Waals surface area contributed by atoms with Crippen LogP contribution in [0.15, 0.2) is 60.7 Å². The molecule has 9 rings (SSSR count). The molecule has 244 valence electrons. The molecule has 0 spiro atoms. The fraction of sp³-hybridized carbons (Fsp3) is 0.211. The molecule has 2 aliphatic carbocycles. The van der Waals surface area contributed by atoms with Gasteiger partial charge in [-0.15, -0.1) is 68.0 Å². The molecule has 0 saturated carbocycles. The number of thiophene rings is 6. The summed E-state index contributed by atoms with van der Waals surface area (Å²) in [5.41, 5.74) is 0.789. The van der Waals surface area contributed by atoms with E-state index in [0.717, 1.165) is 24.4 Å². The van der Waals surface area contributed by atoms with Gasteiger partial charge >= 0.3 is 11.8 Å². The molecule has 0 unspecified atom stereocenters. The zero-order chi connectivity index (χ0) is 33.9. The maximum absolute atomic E-state index is 16.0. The molecule has 48 heavy (non-hydrogen) atoms. The standard InChI is InChI=1S/C28H18F4S4.C10H10S2/c1-11-5-6-17(33-11)18-7-8-19(35-18)20-10-16-26(36-20)22-14(4)23-21(13(3)24(22)28(16,31)32)25-15(27(23,29)30)9-12(2)34-25;1-7-3-5-9(11-7)10-6-4-8(2)12-10/h5-10H,1-4H3;3-6H,1-2H3. The van der Waals surface area contributed by atoms with Crippen LogP contribution < -0.4 is 0 Å². The van der Waals surface area contributed by atoms with Crippen LogP contribution in [0.1, 0.15) is 52.9 Å². The summed E-state index contributed by atoms with van der Waals surface area (Å²) >= 11 is 9.54. The largest absolute Gasteiger partial charge is 0.300 e. The van der Waals surface area contributed by atoms with E-state index in [0.29, 0.717) is 20.9 Å². The lowest BCUT2D eigenvalue weighted by Gasteiger charge is -2.22. The van der Waals surface area contributed by atoms with E-state index < -0.39 is 11.8 Å². The van der Waals surface area contributed by atoms with Gasteiger partial charge in [0.05, 0.1) is 0 Å². The monoisotopic (exact) mass is 752 g/mol. The van der Waals surface area contributed by atoms with Gasteiger partial charge in [-0.1, -0.05) is 0 Å². The van der Waals surface area contributed by atoms with Gasteiger partial charge in [0.25, 0.3) is 0 Å². The highest BCUT2D eigenvalue weighted by atomic mass is 32.1. The van der Waals surface area contributed by atoms with Gasteiger partial charge in [-0.3, -0.25) is 0 Å². The molecule has 10 heteroatoms. The fourth-order valence-electron chi connectivity index (χ4n) is 6.79. The van der Waals surface area contributed by atoms with Gasteiger partial charge in [-0.25, -0.2) is 0 Å². The Hall–Kier alpha value is -2.86. The number of hydrogen-bond acceptors (Lipinski definition) is 6.